The first-order chi connectivity index (χ1) is 25.1. The van der Waals surface area contributed by atoms with E-state index in [1.54, 1.807) is 13.8 Å². The molecule has 0 bridgehead atoms. The number of aromatic amines is 2. The average molecular weight is 732 g/mol. The van der Waals surface area contributed by atoms with Crippen molar-refractivity contribution in [3.05, 3.63) is 73.5 Å². The van der Waals surface area contributed by atoms with Crippen LogP contribution in [0, 0.1) is 25.7 Å². The van der Waals surface area contributed by atoms with E-state index >= 15 is 0 Å². The normalized spacial score (nSPS) is 21.4. The second-order valence-electron chi connectivity index (χ2n) is 13.5. The Bertz CT molecular complexity index is 2050. The SMILES string of the molecule is C=Cc1c(/C=C2\NC(/C=c3\[nH]/c(=C(\C)CCONC(CC(=O)O)C(=O)O)c(C(=O)O)c3C)C(CC)=C2C)[nH]c(/C=C2\N=C[C@@H](CCC(=O)O)[C@@H]2C)c1C. The first-order valence-electron chi connectivity index (χ1n) is 17.5. The number of hydroxylamine groups is 1. The van der Waals surface area contributed by atoms with Crippen LogP contribution in [0.25, 0.3) is 29.9 Å². The van der Waals surface area contributed by atoms with Crippen molar-refractivity contribution in [2.24, 2.45) is 16.8 Å². The molecule has 2 aromatic rings. The Morgan fingerprint density at radius 2 is 1.74 bits per heavy atom. The number of nitrogens with zero attached hydrogens (tertiary/aromatic N) is 1. The highest BCUT2D eigenvalue weighted by Crippen LogP contribution is 2.34. The molecule has 0 aliphatic carbocycles. The number of carboxylic acids is 4. The molecule has 53 heavy (non-hydrogen) atoms. The van der Waals surface area contributed by atoms with Gasteiger partial charge in [0, 0.05) is 58.2 Å². The van der Waals surface area contributed by atoms with Gasteiger partial charge in [-0.3, -0.25) is 19.4 Å². The van der Waals surface area contributed by atoms with E-state index in [4.69, 9.17) is 15.1 Å². The van der Waals surface area contributed by atoms with Gasteiger partial charge in [0.2, 0.25) is 0 Å². The van der Waals surface area contributed by atoms with E-state index in [-0.39, 0.29) is 42.9 Å². The molecule has 0 aromatic carbocycles. The molecule has 0 radical (unpaired) electrons. The fourth-order valence-corrected chi connectivity index (χ4v) is 6.82. The zero-order valence-corrected chi connectivity index (χ0v) is 30.9. The molecule has 4 rings (SSSR count). The van der Waals surface area contributed by atoms with Crippen LogP contribution in [-0.2, 0) is 19.2 Å². The molecule has 14 heteroatoms. The lowest BCUT2D eigenvalue weighted by molar-refractivity contribution is -0.150. The second-order valence-corrected chi connectivity index (χ2v) is 13.5. The van der Waals surface area contributed by atoms with Gasteiger partial charge >= 0.3 is 23.9 Å². The number of aromatic nitrogens is 2. The molecular formula is C39H49N5O9. The molecule has 284 valence electrons. The van der Waals surface area contributed by atoms with Gasteiger partial charge in [0.05, 0.1) is 30.0 Å². The third-order valence-corrected chi connectivity index (χ3v) is 10.1. The third-order valence-electron chi connectivity index (χ3n) is 10.1. The van der Waals surface area contributed by atoms with Gasteiger partial charge in [0.25, 0.3) is 0 Å². The van der Waals surface area contributed by atoms with Crippen molar-refractivity contribution in [2.45, 2.75) is 85.7 Å². The highest BCUT2D eigenvalue weighted by Gasteiger charge is 2.27. The Morgan fingerprint density at radius 3 is 2.34 bits per heavy atom. The molecule has 0 fully saturated rings. The monoisotopic (exact) mass is 731 g/mol. The van der Waals surface area contributed by atoms with Crippen molar-refractivity contribution >= 4 is 60.0 Å². The maximum Gasteiger partial charge on any atom is 0.338 e. The number of hydrogen-bond donors (Lipinski definition) is 8. The number of allylic oxidation sites excluding steroid dienone is 2. The van der Waals surface area contributed by atoms with Crippen LogP contribution < -0.4 is 21.5 Å². The molecule has 0 saturated carbocycles. The Kier molecular flexibility index (Phi) is 13.2. The molecule has 0 saturated heterocycles. The summed E-state index contributed by atoms with van der Waals surface area (Å²) in [7, 11) is 0. The number of aliphatic carboxylic acids is 3. The van der Waals surface area contributed by atoms with Gasteiger partial charge in [-0.1, -0.05) is 26.5 Å². The molecule has 2 aliphatic heterocycles. The fourth-order valence-electron chi connectivity index (χ4n) is 6.82. The van der Waals surface area contributed by atoms with Crippen LogP contribution in [0.2, 0.25) is 0 Å². The van der Waals surface area contributed by atoms with Crippen LogP contribution in [0.5, 0.6) is 0 Å². The summed E-state index contributed by atoms with van der Waals surface area (Å²) in [6, 6.07) is -1.65. The first-order valence-corrected chi connectivity index (χ1v) is 17.5. The van der Waals surface area contributed by atoms with Gasteiger partial charge in [-0.2, -0.15) is 5.48 Å². The van der Waals surface area contributed by atoms with E-state index < -0.39 is 36.3 Å². The largest absolute Gasteiger partial charge is 0.481 e. The number of rotatable bonds is 17. The summed E-state index contributed by atoms with van der Waals surface area (Å²) in [5.74, 6) is -4.41. The lowest BCUT2D eigenvalue weighted by atomic mass is 9.90. The molecule has 0 spiro atoms. The standard InChI is InChI=1S/C39H49N5O9/c1-8-25-21(5)28(14-27-20(4)24(18-40-27)10-11-34(45)46)41-31(25)15-29-22(6)26(9-2)32(42-29)16-30-23(7)36(39(51)52)37(43-30)19(3)12-13-53-44-33(38(49)50)17-35(47)48/h8,14-16,18,20,24,32-33,41-44H,1,9-13,17H2,2-7H3,(H,45,46)(H,47,48)(H,49,50)(H,51,52)/b27-14-,29-15-,30-16-,37-19+/t20-,24+,32?,33?/m0/s1. The zero-order chi connectivity index (χ0) is 39.1. The van der Waals surface area contributed by atoms with Gasteiger partial charge in [-0.05, 0) is 93.0 Å². The minimum atomic E-state index is -1.43. The molecular weight excluding hydrogens is 682 g/mol. The van der Waals surface area contributed by atoms with E-state index in [1.165, 1.54) is 0 Å². The maximum absolute atomic E-state index is 12.4. The smallest absolute Gasteiger partial charge is 0.338 e. The number of carboxylic acid groups (broad SMARTS) is 4. The number of hydrogen-bond acceptors (Lipinski definition) is 8. The van der Waals surface area contributed by atoms with Gasteiger partial charge in [-0.15, -0.1) is 0 Å². The molecule has 8 N–H and O–H groups in total. The summed E-state index contributed by atoms with van der Waals surface area (Å²) in [4.78, 5) is 62.4. The Hall–Kier alpha value is -5.47. The van der Waals surface area contributed by atoms with E-state index in [2.05, 4.69) is 59.2 Å². The van der Waals surface area contributed by atoms with Gasteiger partial charge in [0.1, 0.15) is 6.04 Å². The fraction of sp³-hybridized carbons (Fsp3) is 0.410. The maximum atomic E-state index is 12.4. The van der Waals surface area contributed by atoms with E-state index in [1.807, 2.05) is 31.4 Å². The van der Waals surface area contributed by atoms with Crippen molar-refractivity contribution in [2.75, 3.05) is 6.61 Å². The van der Waals surface area contributed by atoms with Crippen molar-refractivity contribution in [1.82, 2.24) is 20.8 Å². The number of carbonyl (C=O) groups is 4. The molecule has 4 heterocycles. The van der Waals surface area contributed by atoms with E-state index in [9.17, 15) is 29.4 Å². The Labute approximate surface area is 307 Å². The molecule has 0 amide bonds. The highest BCUT2D eigenvalue weighted by atomic mass is 16.6. The summed E-state index contributed by atoms with van der Waals surface area (Å²) in [5, 5.41) is 42.1. The molecule has 4 atom stereocenters. The summed E-state index contributed by atoms with van der Waals surface area (Å²) >= 11 is 0. The lowest BCUT2D eigenvalue weighted by Gasteiger charge is -2.12. The summed E-state index contributed by atoms with van der Waals surface area (Å²) in [6.07, 6.45) is 10.7. The van der Waals surface area contributed by atoms with E-state index in [0.717, 1.165) is 51.5 Å². The summed E-state index contributed by atoms with van der Waals surface area (Å²) in [6.45, 7) is 15.7. The number of H-pyrrole nitrogens is 2. The van der Waals surface area contributed by atoms with Crippen molar-refractivity contribution in [3.8, 4) is 0 Å². The second kappa shape index (κ2) is 17.4. The van der Waals surface area contributed by atoms with Crippen LogP contribution in [0.1, 0.15) is 98.2 Å². The molecule has 2 aliphatic rings. The molecule has 14 nitrogen and oxygen atoms in total. The number of aromatic carboxylic acids is 1. The zero-order valence-electron chi connectivity index (χ0n) is 30.9. The molecule has 2 aromatic heterocycles. The van der Waals surface area contributed by atoms with Crippen molar-refractivity contribution in [3.63, 3.8) is 0 Å². The predicted octanol–water partition coefficient (Wildman–Crippen LogP) is 4.37. The number of aliphatic imine (C=N–C) groups is 1. The Balaban J connectivity index is 1.61. The Morgan fingerprint density at radius 1 is 1.02 bits per heavy atom. The topological polar surface area (TPSA) is 226 Å². The minimum absolute atomic E-state index is 0.0189. The van der Waals surface area contributed by atoms with Gasteiger partial charge in [0.15, 0.2) is 0 Å². The van der Waals surface area contributed by atoms with Crippen LogP contribution in [0.3, 0.4) is 0 Å². The van der Waals surface area contributed by atoms with Gasteiger partial charge < -0.3 is 40.5 Å². The third kappa shape index (κ3) is 9.31. The molecule has 2 unspecified atom stereocenters. The minimum Gasteiger partial charge on any atom is -0.481 e. The van der Waals surface area contributed by atoms with Gasteiger partial charge in [-0.25, -0.2) is 4.79 Å². The highest BCUT2D eigenvalue weighted by molar-refractivity contribution is 5.90. The quantitative estimate of drug-likeness (QED) is 0.0842. The van der Waals surface area contributed by atoms with E-state index in [0.29, 0.717) is 28.3 Å². The van der Waals surface area contributed by atoms with Crippen LogP contribution >= 0.6 is 0 Å². The predicted molar refractivity (Wildman–Crippen MR) is 202 cm³/mol. The van der Waals surface area contributed by atoms with Crippen molar-refractivity contribution in [1.29, 1.82) is 0 Å². The van der Waals surface area contributed by atoms with Crippen LogP contribution in [-0.4, -0.2) is 79.2 Å². The van der Waals surface area contributed by atoms with Crippen LogP contribution in [0.4, 0.5) is 0 Å². The summed E-state index contributed by atoms with van der Waals surface area (Å²) < 4.78 is 0. The average Bonchev–Trinajstić information content (AvgIpc) is 3.79. The number of nitrogens with one attached hydrogen (secondary N) is 4. The van der Waals surface area contributed by atoms with Crippen molar-refractivity contribution < 1.29 is 44.4 Å². The first kappa shape index (κ1) is 40.3. The van der Waals surface area contributed by atoms with Crippen LogP contribution in [0.15, 0.2) is 34.1 Å². The lowest BCUT2D eigenvalue weighted by Crippen LogP contribution is -2.38. The summed E-state index contributed by atoms with van der Waals surface area (Å²) in [5.41, 5.74) is 11.3.